The third-order valence-electron chi connectivity index (χ3n) is 2.99. The lowest BCUT2D eigenvalue weighted by molar-refractivity contribution is 0.491. The lowest BCUT2D eigenvalue weighted by atomic mass is 10.1. The normalized spacial score (nSPS) is 25.7. The van der Waals surface area contributed by atoms with Crippen molar-refractivity contribution >= 4 is 6.01 Å². The Bertz CT molecular complexity index is 312. The van der Waals surface area contributed by atoms with E-state index < -0.39 is 0 Å². The van der Waals surface area contributed by atoms with E-state index in [9.17, 15) is 0 Å². The van der Waals surface area contributed by atoms with Gasteiger partial charge in [0.2, 0.25) is 5.89 Å². The van der Waals surface area contributed by atoms with E-state index in [4.69, 9.17) is 10.2 Å². The Morgan fingerprint density at radius 3 is 2.93 bits per heavy atom. The van der Waals surface area contributed by atoms with Gasteiger partial charge in [-0.15, -0.1) is 5.10 Å². The fourth-order valence-corrected chi connectivity index (χ4v) is 2.15. The van der Waals surface area contributed by atoms with Crippen molar-refractivity contribution in [2.24, 2.45) is 17.6 Å². The van der Waals surface area contributed by atoms with Gasteiger partial charge in [-0.05, 0) is 24.7 Å². The molecule has 5 heteroatoms. The Hall–Kier alpha value is -1.10. The van der Waals surface area contributed by atoms with E-state index in [0.717, 1.165) is 18.4 Å². The van der Waals surface area contributed by atoms with E-state index in [2.05, 4.69) is 22.4 Å². The van der Waals surface area contributed by atoms with E-state index in [0.29, 0.717) is 18.5 Å². The van der Waals surface area contributed by atoms with Gasteiger partial charge >= 0.3 is 6.01 Å². The van der Waals surface area contributed by atoms with E-state index in [-0.39, 0.29) is 0 Å². The van der Waals surface area contributed by atoms with Crippen molar-refractivity contribution in [1.29, 1.82) is 0 Å². The number of nitrogens with zero attached hydrogens (tertiary/aromatic N) is 2. The highest BCUT2D eigenvalue weighted by Gasteiger charge is 2.21. The summed E-state index contributed by atoms with van der Waals surface area (Å²) in [6, 6.07) is 0.495. The SMILES string of the molecule is CC1CCC(CNc2nnc(CN)o2)C1. The van der Waals surface area contributed by atoms with Crippen molar-refractivity contribution in [2.45, 2.75) is 32.7 Å². The van der Waals surface area contributed by atoms with Crippen LogP contribution in [0, 0.1) is 11.8 Å². The summed E-state index contributed by atoms with van der Waals surface area (Å²) in [5.74, 6) is 2.09. The van der Waals surface area contributed by atoms with E-state index in [1.807, 2.05) is 0 Å². The first kappa shape index (κ1) is 10.4. The molecule has 1 aliphatic carbocycles. The van der Waals surface area contributed by atoms with Gasteiger partial charge in [0.25, 0.3) is 0 Å². The van der Waals surface area contributed by atoms with Gasteiger partial charge in [-0.3, -0.25) is 0 Å². The van der Waals surface area contributed by atoms with Crippen LogP contribution >= 0.6 is 0 Å². The molecular formula is C10H18N4O. The predicted molar refractivity (Wildman–Crippen MR) is 57.2 cm³/mol. The second-order valence-corrected chi connectivity index (χ2v) is 4.37. The minimum absolute atomic E-state index is 0.301. The number of rotatable bonds is 4. The number of hydrogen-bond donors (Lipinski definition) is 2. The topological polar surface area (TPSA) is 77.0 Å². The van der Waals surface area contributed by atoms with Gasteiger partial charge in [0.15, 0.2) is 0 Å². The maximum absolute atomic E-state index is 5.38. The van der Waals surface area contributed by atoms with Gasteiger partial charge in [0.05, 0.1) is 6.54 Å². The smallest absolute Gasteiger partial charge is 0.315 e. The number of hydrogen-bond acceptors (Lipinski definition) is 5. The number of anilines is 1. The molecule has 0 aliphatic heterocycles. The Morgan fingerprint density at radius 2 is 2.33 bits per heavy atom. The molecule has 0 bridgehead atoms. The van der Waals surface area contributed by atoms with Crippen LogP contribution in [0.1, 0.15) is 32.1 Å². The Labute approximate surface area is 89.4 Å². The van der Waals surface area contributed by atoms with Gasteiger partial charge in [-0.25, -0.2) is 0 Å². The van der Waals surface area contributed by atoms with Gasteiger partial charge in [-0.2, -0.15) is 0 Å². The first-order valence-corrected chi connectivity index (χ1v) is 5.54. The molecule has 0 aromatic carbocycles. The number of nitrogens with one attached hydrogen (secondary N) is 1. The largest absolute Gasteiger partial charge is 0.407 e. The molecule has 3 N–H and O–H groups in total. The zero-order valence-electron chi connectivity index (χ0n) is 9.07. The highest BCUT2D eigenvalue weighted by atomic mass is 16.4. The van der Waals surface area contributed by atoms with Crippen LogP contribution < -0.4 is 11.1 Å². The van der Waals surface area contributed by atoms with E-state index in [1.165, 1.54) is 19.3 Å². The van der Waals surface area contributed by atoms with Crippen LogP contribution in [0.2, 0.25) is 0 Å². The zero-order valence-corrected chi connectivity index (χ0v) is 9.07. The molecule has 1 aromatic rings. The second-order valence-electron chi connectivity index (χ2n) is 4.37. The monoisotopic (exact) mass is 210 g/mol. The Morgan fingerprint density at radius 1 is 1.47 bits per heavy atom. The third kappa shape index (κ3) is 2.68. The fourth-order valence-electron chi connectivity index (χ4n) is 2.15. The minimum atomic E-state index is 0.301. The Balaban J connectivity index is 1.77. The summed E-state index contributed by atoms with van der Waals surface area (Å²) in [6.07, 6.45) is 3.93. The molecule has 15 heavy (non-hydrogen) atoms. The van der Waals surface area contributed by atoms with Gasteiger partial charge in [0, 0.05) is 6.54 Å². The molecule has 0 saturated heterocycles. The summed E-state index contributed by atoms with van der Waals surface area (Å²) >= 11 is 0. The van der Waals surface area contributed by atoms with Crippen molar-refractivity contribution in [3.05, 3.63) is 5.89 Å². The molecule has 2 unspecified atom stereocenters. The molecule has 1 aliphatic rings. The first-order chi connectivity index (χ1) is 7.28. The molecule has 0 radical (unpaired) electrons. The zero-order chi connectivity index (χ0) is 10.7. The molecule has 2 rings (SSSR count). The van der Waals surface area contributed by atoms with Crippen LogP contribution in [0.5, 0.6) is 0 Å². The van der Waals surface area contributed by atoms with Crippen LogP contribution in [-0.2, 0) is 6.54 Å². The summed E-state index contributed by atoms with van der Waals surface area (Å²) in [7, 11) is 0. The van der Waals surface area contributed by atoms with E-state index >= 15 is 0 Å². The Kier molecular flexibility index (Phi) is 3.20. The molecule has 0 amide bonds. The molecule has 5 nitrogen and oxygen atoms in total. The molecule has 1 fully saturated rings. The molecule has 1 heterocycles. The molecule has 0 spiro atoms. The number of nitrogens with two attached hydrogens (primary N) is 1. The number of aromatic nitrogens is 2. The lowest BCUT2D eigenvalue weighted by Crippen LogP contribution is -2.11. The third-order valence-corrected chi connectivity index (χ3v) is 2.99. The highest BCUT2D eigenvalue weighted by Crippen LogP contribution is 2.30. The molecule has 84 valence electrons. The molecule has 1 saturated carbocycles. The predicted octanol–water partition coefficient (Wildman–Crippen LogP) is 1.38. The summed E-state index contributed by atoms with van der Waals surface area (Å²) in [4.78, 5) is 0. The van der Waals surface area contributed by atoms with Crippen molar-refractivity contribution in [1.82, 2.24) is 10.2 Å². The quantitative estimate of drug-likeness (QED) is 0.785. The van der Waals surface area contributed by atoms with Crippen LogP contribution in [-0.4, -0.2) is 16.7 Å². The van der Waals surface area contributed by atoms with Crippen LogP contribution in [0.15, 0.2) is 4.42 Å². The summed E-state index contributed by atoms with van der Waals surface area (Å²) < 4.78 is 5.26. The van der Waals surface area contributed by atoms with Crippen molar-refractivity contribution in [2.75, 3.05) is 11.9 Å². The summed E-state index contributed by atoms with van der Waals surface area (Å²) in [5.41, 5.74) is 5.38. The average Bonchev–Trinajstić information content (AvgIpc) is 2.83. The minimum Gasteiger partial charge on any atom is -0.407 e. The molecule has 2 atom stereocenters. The van der Waals surface area contributed by atoms with Crippen LogP contribution in [0.25, 0.3) is 0 Å². The summed E-state index contributed by atoms with van der Waals surface area (Å²) in [5, 5.41) is 10.8. The van der Waals surface area contributed by atoms with Gasteiger partial charge in [0.1, 0.15) is 0 Å². The van der Waals surface area contributed by atoms with E-state index in [1.54, 1.807) is 0 Å². The maximum Gasteiger partial charge on any atom is 0.315 e. The van der Waals surface area contributed by atoms with Crippen molar-refractivity contribution < 1.29 is 4.42 Å². The molecule has 1 aromatic heterocycles. The highest BCUT2D eigenvalue weighted by molar-refractivity contribution is 5.16. The lowest BCUT2D eigenvalue weighted by Gasteiger charge is -2.08. The van der Waals surface area contributed by atoms with Gasteiger partial charge < -0.3 is 15.5 Å². The van der Waals surface area contributed by atoms with Crippen molar-refractivity contribution in [3.8, 4) is 0 Å². The fraction of sp³-hybridized carbons (Fsp3) is 0.800. The molecular weight excluding hydrogens is 192 g/mol. The van der Waals surface area contributed by atoms with Crippen LogP contribution in [0.4, 0.5) is 6.01 Å². The van der Waals surface area contributed by atoms with Crippen molar-refractivity contribution in [3.63, 3.8) is 0 Å². The van der Waals surface area contributed by atoms with Gasteiger partial charge in [-0.1, -0.05) is 18.4 Å². The standard InChI is InChI=1S/C10H18N4O/c1-7-2-3-8(4-7)6-12-10-14-13-9(5-11)15-10/h7-8H,2-6,11H2,1H3,(H,12,14). The average molecular weight is 210 g/mol. The summed E-state index contributed by atoms with van der Waals surface area (Å²) in [6.45, 7) is 3.53. The maximum atomic E-state index is 5.38. The second kappa shape index (κ2) is 4.61. The first-order valence-electron chi connectivity index (χ1n) is 5.54. The van der Waals surface area contributed by atoms with Crippen LogP contribution in [0.3, 0.4) is 0 Å².